The van der Waals surface area contributed by atoms with E-state index >= 15 is 0 Å². The Balaban J connectivity index is 1.75. The van der Waals surface area contributed by atoms with Crippen molar-refractivity contribution >= 4 is 22.6 Å². The lowest BCUT2D eigenvalue weighted by Crippen LogP contribution is -2.13. The Labute approximate surface area is 173 Å². The number of anilines is 1. The number of aryl methyl sites for hydroxylation is 2. The normalized spacial score (nSPS) is 10.8. The lowest BCUT2D eigenvalue weighted by Gasteiger charge is -2.09. The number of aromatic nitrogens is 4. The molecule has 0 radical (unpaired) electrons. The van der Waals surface area contributed by atoms with Crippen LogP contribution in [0.1, 0.15) is 27.9 Å². The smallest absolute Gasteiger partial charge is 0.202 e. The molecule has 0 saturated heterocycles. The third-order valence-corrected chi connectivity index (χ3v) is 5.01. The molecule has 0 aliphatic rings. The molecule has 2 aromatic carbocycles. The largest absolute Gasteiger partial charge is 0.364 e. The zero-order valence-electron chi connectivity index (χ0n) is 16.7. The Morgan fingerprint density at radius 2 is 2.00 bits per heavy atom. The van der Waals surface area contributed by atoms with Crippen molar-refractivity contribution in [2.45, 2.75) is 26.8 Å². The number of nitrogens with one attached hydrogen (secondary N) is 1. The first-order valence-electron chi connectivity index (χ1n) is 9.58. The summed E-state index contributed by atoms with van der Waals surface area (Å²) in [6.45, 7) is 4.51. The molecule has 2 aromatic heterocycles. The van der Waals surface area contributed by atoms with Gasteiger partial charge in [-0.3, -0.25) is 4.79 Å². The highest BCUT2D eigenvalue weighted by Gasteiger charge is 2.22. The maximum absolute atomic E-state index is 13.1. The topological polar surface area (TPSA) is 110 Å². The number of ketones is 1. The molecule has 0 bridgehead atoms. The minimum absolute atomic E-state index is 0.0297. The second kappa shape index (κ2) is 8.17. The Bertz CT molecular complexity index is 1260. The van der Waals surface area contributed by atoms with E-state index in [-0.39, 0.29) is 12.3 Å². The highest BCUT2D eigenvalue weighted by atomic mass is 16.6. The van der Waals surface area contributed by atoms with Gasteiger partial charge >= 0.3 is 0 Å². The fourth-order valence-electron chi connectivity index (χ4n) is 3.25. The van der Waals surface area contributed by atoms with Crippen molar-refractivity contribution in [3.63, 3.8) is 0 Å². The Morgan fingerprint density at radius 3 is 2.80 bits per heavy atom. The molecule has 0 unspecified atom stereocenters. The number of fused-ring (bicyclic) bond motifs is 1. The highest BCUT2D eigenvalue weighted by Crippen LogP contribution is 2.28. The van der Waals surface area contributed by atoms with Crippen molar-refractivity contribution in [2.24, 2.45) is 0 Å². The molecule has 0 amide bonds. The standard InChI is InChI=1S/C22H20N6O2/c1-14-8-9-16(12-15(14)2)19(29)13-28-18-7-4-3-6-17(18)25-22(28)20-21(27-30-26-20)24-11-5-10-23/h3-4,6-9,12H,5,11,13H2,1-2H3,(H,24,27). The van der Waals surface area contributed by atoms with Crippen LogP contribution in [0.4, 0.5) is 5.82 Å². The molecule has 0 saturated carbocycles. The van der Waals surface area contributed by atoms with Crippen LogP contribution >= 0.6 is 0 Å². The van der Waals surface area contributed by atoms with Crippen LogP contribution in [0, 0.1) is 25.2 Å². The van der Waals surface area contributed by atoms with Crippen molar-refractivity contribution in [1.29, 1.82) is 5.26 Å². The van der Waals surface area contributed by atoms with Gasteiger partial charge in [-0.05, 0) is 53.5 Å². The third-order valence-electron chi connectivity index (χ3n) is 5.01. The SMILES string of the molecule is Cc1ccc(C(=O)Cn2c(-c3nonc3NCCC#N)nc3ccccc32)cc1C. The number of hydrogen-bond acceptors (Lipinski definition) is 7. The van der Waals surface area contributed by atoms with Gasteiger partial charge in [0.1, 0.15) is 0 Å². The molecule has 0 aliphatic heterocycles. The van der Waals surface area contributed by atoms with E-state index in [0.717, 1.165) is 22.2 Å². The average Bonchev–Trinajstić information content (AvgIpc) is 3.35. The number of nitrogens with zero attached hydrogens (tertiary/aromatic N) is 5. The summed E-state index contributed by atoms with van der Waals surface area (Å²) in [5.74, 6) is 0.840. The van der Waals surface area contributed by atoms with Gasteiger partial charge in [-0.15, -0.1) is 0 Å². The van der Waals surface area contributed by atoms with Crippen LogP contribution in [0.5, 0.6) is 0 Å². The molecule has 8 nitrogen and oxygen atoms in total. The number of para-hydroxylation sites is 2. The predicted octanol–water partition coefficient (Wildman–Crippen LogP) is 3.91. The summed E-state index contributed by atoms with van der Waals surface area (Å²) in [5.41, 5.74) is 4.81. The summed E-state index contributed by atoms with van der Waals surface area (Å²) in [5, 5.41) is 19.7. The van der Waals surface area contributed by atoms with Crippen molar-refractivity contribution in [1.82, 2.24) is 19.9 Å². The van der Waals surface area contributed by atoms with Gasteiger partial charge in [0.15, 0.2) is 17.3 Å². The fraction of sp³-hybridized carbons (Fsp3) is 0.227. The molecule has 0 fully saturated rings. The van der Waals surface area contributed by atoms with E-state index in [9.17, 15) is 4.79 Å². The molecule has 4 rings (SSSR count). The molecule has 150 valence electrons. The fourth-order valence-corrected chi connectivity index (χ4v) is 3.25. The van der Waals surface area contributed by atoms with Crippen LogP contribution in [-0.2, 0) is 6.54 Å². The zero-order valence-corrected chi connectivity index (χ0v) is 16.7. The predicted molar refractivity (Wildman–Crippen MR) is 112 cm³/mol. The number of hydrogen-bond donors (Lipinski definition) is 1. The second-order valence-electron chi connectivity index (χ2n) is 7.03. The molecule has 0 spiro atoms. The van der Waals surface area contributed by atoms with E-state index in [4.69, 9.17) is 9.89 Å². The van der Waals surface area contributed by atoms with Gasteiger partial charge in [0, 0.05) is 12.1 Å². The Morgan fingerprint density at radius 1 is 1.17 bits per heavy atom. The van der Waals surface area contributed by atoms with Gasteiger partial charge in [0.2, 0.25) is 5.82 Å². The number of carbonyl (C=O) groups is 1. The van der Waals surface area contributed by atoms with E-state index in [1.54, 1.807) is 0 Å². The number of carbonyl (C=O) groups excluding carboxylic acids is 1. The van der Waals surface area contributed by atoms with E-state index < -0.39 is 0 Å². The molecule has 8 heteroatoms. The summed E-state index contributed by atoms with van der Waals surface area (Å²) in [4.78, 5) is 17.7. The molecule has 0 aliphatic carbocycles. The summed E-state index contributed by atoms with van der Waals surface area (Å²) in [7, 11) is 0. The first-order valence-corrected chi connectivity index (χ1v) is 9.58. The summed E-state index contributed by atoms with van der Waals surface area (Å²) in [6, 6.07) is 15.4. The van der Waals surface area contributed by atoms with Crippen molar-refractivity contribution < 1.29 is 9.42 Å². The lowest BCUT2D eigenvalue weighted by molar-refractivity contribution is 0.0973. The van der Waals surface area contributed by atoms with Gasteiger partial charge in [0.25, 0.3) is 0 Å². The van der Waals surface area contributed by atoms with Crippen LogP contribution in [0.25, 0.3) is 22.6 Å². The maximum Gasteiger partial charge on any atom is 0.202 e. The van der Waals surface area contributed by atoms with Gasteiger partial charge in [-0.2, -0.15) is 5.26 Å². The maximum atomic E-state index is 13.1. The van der Waals surface area contributed by atoms with Crippen LogP contribution in [-0.4, -0.2) is 32.2 Å². The molecule has 4 aromatic rings. The monoisotopic (exact) mass is 400 g/mol. The minimum atomic E-state index is -0.0297. The first-order chi connectivity index (χ1) is 14.6. The summed E-state index contributed by atoms with van der Waals surface area (Å²) in [6.07, 6.45) is 0.313. The van der Waals surface area contributed by atoms with Crippen LogP contribution in [0.15, 0.2) is 47.1 Å². The summed E-state index contributed by atoms with van der Waals surface area (Å²) < 4.78 is 6.74. The van der Waals surface area contributed by atoms with Crippen LogP contribution < -0.4 is 5.32 Å². The Hall–Kier alpha value is -3.99. The number of nitriles is 1. The molecule has 1 N–H and O–H groups in total. The molecular formula is C22H20N6O2. The van der Waals surface area contributed by atoms with Gasteiger partial charge < -0.3 is 9.88 Å². The molecule has 30 heavy (non-hydrogen) atoms. The van der Waals surface area contributed by atoms with Gasteiger partial charge in [-0.1, -0.05) is 24.3 Å². The number of Topliss-reactive ketones (excluding diaryl/α,β-unsaturated/α-hetero) is 1. The van der Waals surface area contributed by atoms with Crippen LogP contribution in [0.2, 0.25) is 0 Å². The van der Waals surface area contributed by atoms with Gasteiger partial charge in [0.05, 0.1) is 30.1 Å². The quantitative estimate of drug-likeness (QED) is 0.370. The molecular weight excluding hydrogens is 380 g/mol. The molecule has 2 heterocycles. The van der Waals surface area contributed by atoms with Crippen LogP contribution in [0.3, 0.4) is 0 Å². The second-order valence-corrected chi connectivity index (χ2v) is 7.03. The number of benzene rings is 2. The first kappa shape index (κ1) is 19.3. The van der Waals surface area contributed by atoms with Crippen molar-refractivity contribution in [3.8, 4) is 17.6 Å². The van der Waals surface area contributed by atoms with E-state index in [1.807, 2.05) is 60.9 Å². The van der Waals surface area contributed by atoms with E-state index in [0.29, 0.717) is 35.9 Å². The van der Waals surface area contributed by atoms with E-state index in [2.05, 4.69) is 26.7 Å². The van der Waals surface area contributed by atoms with E-state index in [1.165, 1.54) is 0 Å². The highest BCUT2D eigenvalue weighted by molar-refractivity contribution is 5.97. The zero-order chi connectivity index (χ0) is 21.1. The van der Waals surface area contributed by atoms with Crippen molar-refractivity contribution in [2.75, 3.05) is 11.9 Å². The lowest BCUT2D eigenvalue weighted by atomic mass is 10.0. The Kier molecular flexibility index (Phi) is 5.26. The number of imidazole rings is 1. The number of rotatable bonds is 7. The third kappa shape index (κ3) is 3.65. The van der Waals surface area contributed by atoms with Crippen molar-refractivity contribution in [3.05, 3.63) is 59.2 Å². The minimum Gasteiger partial charge on any atom is -0.364 e. The summed E-state index contributed by atoms with van der Waals surface area (Å²) >= 11 is 0. The average molecular weight is 400 g/mol. The van der Waals surface area contributed by atoms with Gasteiger partial charge in [-0.25, -0.2) is 9.61 Å². The molecule has 0 atom stereocenters.